The van der Waals surface area contributed by atoms with Crippen molar-refractivity contribution in [2.45, 2.75) is 25.8 Å². The second kappa shape index (κ2) is 5.37. The van der Waals surface area contributed by atoms with Gasteiger partial charge in [0.2, 0.25) is 11.7 Å². The lowest BCUT2D eigenvalue weighted by Crippen LogP contribution is -2.24. The van der Waals surface area contributed by atoms with E-state index in [0.29, 0.717) is 11.7 Å². The van der Waals surface area contributed by atoms with Crippen molar-refractivity contribution in [3.8, 4) is 0 Å². The third-order valence-corrected chi connectivity index (χ3v) is 4.83. The summed E-state index contributed by atoms with van der Waals surface area (Å²) >= 11 is 1.70. The number of rotatable bonds is 5. The minimum absolute atomic E-state index is 0.000995. The predicted molar refractivity (Wildman–Crippen MR) is 77.4 cm³/mol. The van der Waals surface area contributed by atoms with E-state index in [9.17, 15) is 9.59 Å². The smallest absolute Gasteiger partial charge is 0.371 e. The van der Waals surface area contributed by atoms with E-state index in [0.717, 1.165) is 6.42 Å². The second-order valence-corrected chi connectivity index (χ2v) is 6.15. The molecule has 21 heavy (non-hydrogen) atoms. The Morgan fingerprint density at radius 1 is 1.43 bits per heavy atom. The Morgan fingerprint density at radius 2 is 2.24 bits per heavy atom. The fourth-order valence-electron chi connectivity index (χ4n) is 2.43. The van der Waals surface area contributed by atoms with Crippen LogP contribution in [0.4, 0.5) is 0 Å². The Morgan fingerprint density at radius 3 is 2.86 bits per heavy atom. The number of nitrogens with one attached hydrogen (secondary N) is 1. The van der Waals surface area contributed by atoms with Crippen LogP contribution in [0.3, 0.4) is 0 Å². The van der Waals surface area contributed by atoms with Crippen LogP contribution in [-0.4, -0.2) is 17.0 Å². The number of carbonyl (C=O) groups is 2. The van der Waals surface area contributed by atoms with Crippen LogP contribution in [0.5, 0.6) is 0 Å². The average Bonchev–Trinajstić information content (AvgIpc) is 2.89. The molecule has 0 radical (unpaired) electrons. The highest BCUT2D eigenvalue weighted by Gasteiger charge is 2.45. The Labute approximate surface area is 125 Å². The summed E-state index contributed by atoms with van der Waals surface area (Å²) in [6.07, 6.45) is 0.881. The molecule has 0 unspecified atom stereocenters. The van der Waals surface area contributed by atoms with Gasteiger partial charge in [0.05, 0.1) is 6.54 Å². The van der Waals surface area contributed by atoms with E-state index in [2.05, 4.69) is 18.3 Å². The van der Waals surface area contributed by atoms with Crippen LogP contribution in [0.1, 0.15) is 39.1 Å². The van der Waals surface area contributed by atoms with Gasteiger partial charge >= 0.3 is 5.97 Å². The highest BCUT2D eigenvalue weighted by Crippen LogP contribution is 2.50. The molecule has 2 heterocycles. The summed E-state index contributed by atoms with van der Waals surface area (Å²) in [6, 6.07) is 5.03. The van der Waals surface area contributed by atoms with E-state index in [1.54, 1.807) is 17.4 Å². The first-order chi connectivity index (χ1) is 10.1. The van der Waals surface area contributed by atoms with Crippen LogP contribution < -0.4 is 5.32 Å². The van der Waals surface area contributed by atoms with Crippen LogP contribution in [0.2, 0.25) is 0 Å². The van der Waals surface area contributed by atoms with Gasteiger partial charge in [-0.3, -0.25) is 4.79 Å². The number of hydrogen-bond donors (Lipinski definition) is 2. The third-order valence-electron chi connectivity index (χ3n) is 3.67. The Bertz CT molecular complexity index is 687. The fourth-order valence-corrected chi connectivity index (χ4v) is 3.54. The standard InChI is InChI=1S/C15H15NO4S/c1-8-4-5-21-13(8)10-6-11(10)14(17)16-7-9-2-3-12(20-9)15(18)19/h2-5,10-11H,6-7H2,1H3,(H,16,17)(H,18,19)/t10-,11-/m1/s1. The van der Waals surface area contributed by atoms with Crippen molar-refractivity contribution in [1.82, 2.24) is 5.32 Å². The van der Waals surface area contributed by atoms with Crippen LogP contribution >= 0.6 is 11.3 Å². The molecule has 0 spiro atoms. The van der Waals surface area contributed by atoms with Gasteiger partial charge in [0.1, 0.15) is 5.76 Å². The summed E-state index contributed by atoms with van der Waals surface area (Å²) in [4.78, 5) is 24.1. The number of aryl methyl sites for hydroxylation is 1. The SMILES string of the molecule is Cc1ccsc1[C@@H]1C[C@H]1C(=O)NCc1ccc(C(=O)O)o1. The molecular weight excluding hydrogens is 290 g/mol. The number of furan rings is 1. The predicted octanol–water partition coefficient (Wildman–Crippen LogP) is 2.77. The molecule has 1 fully saturated rings. The molecule has 1 amide bonds. The molecule has 1 aliphatic carbocycles. The number of carbonyl (C=O) groups excluding carboxylic acids is 1. The largest absolute Gasteiger partial charge is 0.475 e. The van der Waals surface area contributed by atoms with E-state index < -0.39 is 5.97 Å². The minimum Gasteiger partial charge on any atom is -0.475 e. The quantitative estimate of drug-likeness (QED) is 0.890. The number of thiophene rings is 1. The molecule has 0 saturated heterocycles. The van der Waals surface area contributed by atoms with Gasteiger partial charge in [-0.05, 0) is 42.5 Å². The average molecular weight is 305 g/mol. The molecule has 0 bridgehead atoms. The van der Waals surface area contributed by atoms with Gasteiger partial charge in [-0.2, -0.15) is 0 Å². The van der Waals surface area contributed by atoms with Gasteiger partial charge in [-0.15, -0.1) is 11.3 Å². The van der Waals surface area contributed by atoms with Crippen LogP contribution in [-0.2, 0) is 11.3 Å². The van der Waals surface area contributed by atoms with Crippen molar-refractivity contribution in [3.63, 3.8) is 0 Å². The molecular formula is C15H15NO4S. The lowest BCUT2D eigenvalue weighted by molar-refractivity contribution is -0.122. The molecule has 1 aliphatic rings. The van der Waals surface area contributed by atoms with Crippen LogP contribution in [0.25, 0.3) is 0 Å². The first-order valence-electron chi connectivity index (χ1n) is 6.70. The van der Waals surface area contributed by atoms with E-state index >= 15 is 0 Å². The molecule has 0 aliphatic heterocycles. The summed E-state index contributed by atoms with van der Waals surface area (Å²) < 4.78 is 5.10. The molecule has 5 nitrogen and oxygen atoms in total. The molecule has 6 heteroatoms. The Hall–Kier alpha value is -2.08. The molecule has 2 aromatic rings. The number of carboxylic acid groups (broad SMARTS) is 1. The zero-order valence-corrected chi connectivity index (χ0v) is 12.3. The molecule has 3 rings (SSSR count). The maximum absolute atomic E-state index is 12.1. The monoisotopic (exact) mass is 305 g/mol. The van der Waals surface area contributed by atoms with E-state index in [-0.39, 0.29) is 24.1 Å². The molecule has 1 saturated carbocycles. The van der Waals surface area contributed by atoms with Crippen LogP contribution in [0.15, 0.2) is 28.0 Å². The summed E-state index contributed by atoms with van der Waals surface area (Å²) in [5.74, 6) is -0.417. The van der Waals surface area contributed by atoms with Crippen molar-refractivity contribution in [2.75, 3.05) is 0 Å². The molecule has 2 atom stereocenters. The Balaban J connectivity index is 1.53. The van der Waals surface area contributed by atoms with Crippen LogP contribution in [0, 0.1) is 12.8 Å². The number of amides is 1. The summed E-state index contributed by atoms with van der Waals surface area (Å²) in [5, 5.41) is 13.6. The van der Waals surface area contributed by atoms with Crippen molar-refractivity contribution in [3.05, 3.63) is 45.5 Å². The summed E-state index contributed by atoms with van der Waals surface area (Å²) in [7, 11) is 0. The van der Waals surface area contributed by atoms with Gasteiger partial charge in [-0.1, -0.05) is 0 Å². The number of aromatic carboxylic acids is 1. The first kappa shape index (κ1) is 13.9. The number of carboxylic acids is 1. The summed E-state index contributed by atoms with van der Waals surface area (Å²) in [6.45, 7) is 2.29. The molecule has 0 aromatic carbocycles. The van der Waals surface area contributed by atoms with Gasteiger partial charge in [-0.25, -0.2) is 4.79 Å². The number of hydrogen-bond acceptors (Lipinski definition) is 4. The van der Waals surface area contributed by atoms with Gasteiger partial charge in [0, 0.05) is 16.7 Å². The fraction of sp³-hybridized carbons (Fsp3) is 0.333. The maximum Gasteiger partial charge on any atom is 0.371 e. The lowest BCUT2D eigenvalue weighted by atomic mass is 10.2. The first-order valence-corrected chi connectivity index (χ1v) is 7.58. The van der Waals surface area contributed by atoms with E-state index in [1.165, 1.54) is 16.5 Å². The van der Waals surface area contributed by atoms with Crippen molar-refractivity contribution in [2.24, 2.45) is 5.92 Å². The van der Waals surface area contributed by atoms with Crippen molar-refractivity contribution < 1.29 is 19.1 Å². The van der Waals surface area contributed by atoms with Gasteiger partial charge in [0.25, 0.3) is 0 Å². The van der Waals surface area contributed by atoms with Crippen molar-refractivity contribution in [1.29, 1.82) is 0 Å². The zero-order chi connectivity index (χ0) is 15.0. The lowest BCUT2D eigenvalue weighted by Gasteiger charge is -2.02. The minimum atomic E-state index is -1.11. The van der Waals surface area contributed by atoms with Crippen molar-refractivity contribution >= 4 is 23.2 Å². The van der Waals surface area contributed by atoms with Gasteiger partial charge < -0.3 is 14.8 Å². The van der Waals surface area contributed by atoms with Gasteiger partial charge in [0.15, 0.2) is 0 Å². The van der Waals surface area contributed by atoms with E-state index in [1.807, 2.05) is 5.38 Å². The third kappa shape index (κ3) is 2.85. The van der Waals surface area contributed by atoms with E-state index in [4.69, 9.17) is 9.52 Å². The Kier molecular flexibility index (Phi) is 3.55. The molecule has 2 N–H and O–H groups in total. The highest BCUT2D eigenvalue weighted by molar-refractivity contribution is 7.10. The molecule has 2 aromatic heterocycles. The topological polar surface area (TPSA) is 79.5 Å². The normalized spacial score (nSPS) is 20.2. The summed E-state index contributed by atoms with van der Waals surface area (Å²) in [5.41, 5.74) is 1.25. The maximum atomic E-state index is 12.1. The zero-order valence-electron chi connectivity index (χ0n) is 11.5. The second-order valence-electron chi connectivity index (χ2n) is 5.21. The molecule has 110 valence electrons. The highest BCUT2D eigenvalue weighted by atomic mass is 32.1.